The lowest BCUT2D eigenvalue weighted by atomic mass is 9.62. The van der Waals surface area contributed by atoms with E-state index in [1.165, 1.54) is 6.07 Å². The quantitative estimate of drug-likeness (QED) is 0.121. The summed E-state index contributed by atoms with van der Waals surface area (Å²) < 4.78 is 75.9. The summed E-state index contributed by atoms with van der Waals surface area (Å²) >= 11 is 0. The monoisotopic (exact) mass is 1090 g/mol. The van der Waals surface area contributed by atoms with Crippen LogP contribution in [0.1, 0.15) is 33.4 Å². The van der Waals surface area contributed by atoms with E-state index in [-0.39, 0.29) is 12.0 Å². The van der Waals surface area contributed by atoms with Crippen molar-refractivity contribution in [3.05, 3.63) is 312 Å². The van der Waals surface area contributed by atoms with Crippen molar-refractivity contribution >= 4 is 28.0 Å². The number of hydrogen-bond acceptors (Lipinski definition) is 0. The molecular weight excluding hydrogens is 1040 g/mol. The molecule has 0 radical (unpaired) electrons. The van der Waals surface area contributed by atoms with Gasteiger partial charge in [-0.3, -0.25) is 0 Å². The summed E-state index contributed by atoms with van der Waals surface area (Å²) in [5.41, 5.74) is 19.5. The number of fused-ring (bicyclic) bond motifs is 19. The average Bonchev–Trinajstić information content (AvgIpc) is 1.42. The maximum Gasteiger partial charge on any atom is 0.240 e. The Bertz CT molecular complexity index is 5120. The highest BCUT2D eigenvalue weighted by molar-refractivity contribution is 6.13. The maximum absolute atomic E-state index is 17.9. The molecule has 2 aliphatic carbocycles. The lowest BCUT2D eigenvalue weighted by Crippen LogP contribution is -2.61. The summed E-state index contributed by atoms with van der Waals surface area (Å²) in [6.45, 7) is 4.86. The SMILES string of the molecule is C=C1C=C2c3ccccc3-c3ccc([n+]1c3)-c1c(F)cc(F)cc1C/C1=C\C34C5=C6c7cc(F)cc(F)c7-c7ccc8c[n+]7C26C=C(c2ccccc2-8)C53c2ccccc2-c2cc(-c3ccc(-c5ccccc5)cc3)c(c[n+]24)-c2ccccc21. The second-order valence-electron chi connectivity index (χ2n) is 23.5. The van der Waals surface area contributed by atoms with Crippen LogP contribution in [-0.4, -0.2) is 0 Å². The molecule has 3 spiro atoms. The van der Waals surface area contributed by atoms with Gasteiger partial charge in [-0.1, -0.05) is 146 Å². The molecule has 0 amide bonds. The van der Waals surface area contributed by atoms with Crippen LogP contribution >= 0.6 is 0 Å². The van der Waals surface area contributed by atoms with Crippen molar-refractivity contribution < 1.29 is 31.3 Å². The fourth-order valence-corrected chi connectivity index (χ4v) is 16.5. The van der Waals surface area contributed by atoms with E-state index in [0.29, 0.717) is 33.8 Å². The molecule has 1 saturated carbocycles. The van der Waals surface area contributed by atoms with Gasteiger partial charge in [-0.25, -0.2) is 17.6 Å². The Morgan fingerprint density at radius 1 is 0.405 bits per heavy atom. The molecule has 0 N–H and O–H groups in total. The van der Waals surface area contributed by atoms with Crippen LogP contribution in [0.15, 0.2) is 255 Å². The number of pyridine rings is 3. The van der Waals surface area contributed by atoms with Gasteiger partial charge in [-0.05, 0) is 122 Å². The van der Waals surface area contributed by atoms with E-state index in [0.717, 1.165) is 129 Å². The van der Waals surface area contributed by atoms with Gasteiger partial charge in [0.1, 0.15) is 28.7 Å². The molecule has 9 heterocycles. The highest BCUT2D eigenvalue weighted by Crippen LogP contribution is 2.81. The van der Waals surface area contributed by atoms with Crippen molar-refractivity contribution in [2.45, 2.75) is 22.9 Å². The van der Waals surface area contributed by atoms with Crippen LogP contribution in [-0.2, 0) is 22.9 Å². The van der Waals surface area contributed by atoms with E-state index < -0.39 is 39.8 Å². The second-order valence-corrected chi connectivity index (χ2v) is 23.5. The summed E-state index contributed by atoms with van der Waals surface area (Å²) in [6, 6.07) is 68.6. The van der Waals surface area contributed by atoms with E-state index in [1.54, 1.807) is 6.07 Å². The van der Waals surface area contributed by atoms with Gasteiger partial charge in [0.2, 0.25) is 33.9 Å². The molecule has 19 rings (SSSR count). The first kappa shape index (κ1) is 46.3. The van der Waals surface area contributed by atoms with E-state index >= 15 is 17.6 Å². The van der Waals surface area contributed by atoms with Gasteiger partial charge in [0.05, 0.1) is 22.3 Å². The first-order valence-electron chi connectivity index (χ1n) is 28.5. The third-order valence-corrected chi connectivity index (χ3v) is 19.7. The van der Waals surface area contributed by atoms with Crippen molar-refractivity contribution in [3.8, 4) is 89.4 Å². The van der Waals surface area contributed by atoms with E-state index in [4.69, 9.17) is 6.58 Å². The van der Waals surface area contributed by atoms with Crippen LogP contribution in [0.25, 0.3) is 117 Å². The van der Waals surface area contributed by atoms with Gasteiger partial charge in [0.15, 0.2) is 18.6 Å². The molecule has 6 aliphatic heterocycles. The number of rotatable bonds is 2. The van der Waals surface area contributed by atoms with E-state index in [9.17, 15) is 0 Å². The third-order valence-electron chi connectivity index (χ3n) is 19.7. The Labute approximate surface area is 481 Å². The summed E-state index contributed by atoms with van der Waals surface area (Å²) in [5.74, 6) is -2.74. The lowest BCUT2D eigenvalue weighted by Gasteiger charge is -2.42. The molecule has 1 fully saturated rings. The molecule has 3 atom stereocenters. The fourth-order valence-electron chi connectivity index (χ4n) is 16.5. The minimum atomic E-state index is -1.35. The summed E-state index contributed by atoms with van der Waals surface area (Å²) in [7, 11) is 0. The highest BCUT2D eigenvalue weighted by Gasteiger charge is 2.88. The molecule has 84 heavy (non-hydrogen) atoms. The largest absolute Gasteiger partial charge is 0.240 e. The minimum absolute atomic E-state index is 0.100. The van der Waals surface area contributed by atoms with Gasteiger partial charge in [-0.15, -0.1) is 0 Å². The lowest BCUT2D eigenvalue weighted by molar-refractivity contribution is -0.718. The fraction of sp³-hybridized carbons (Fsp3) is 0.0519. The molecule has 8 aromatic carbocycles. The summed E-state index contributed by atoms with van der Waals surface area (Å²) in [5, 5.41) is 0. The van der Waals surface area contributed by atoms with Crippen LogP contribution in [0.4, 0.5) is 17.6 Å². The molecule has 0 saturated heterocycles. The highest BCUT2D eigenvalue weighted by atomic mass is 19.1. The predicted molar refractivity (Wildman–Crippen MR) is 321 cm³/mol. The third kappa shape index (κ3) is 5.51. The van der Waals surface area contributed by atoms with E-state index in [1.807, 2.05) is 53.2 Å². The Kier molecular flexibility index (Phi) is 8.70. The molecule has 11 aromatic rings. The zero-order chi connectivity index (χ0) is 55.7. The first-order valence-corrected chi connectivity index (χ1v) is 28.5. The van der Waals surface area contributed by atoms with Crippen LogP contribution in [0.5, 0.6) is 0 Å². The molecule has 3 nitrogen and oxygen atoms in total. The average molecular weight is 1090 g/mol. The Morgan fingerprint density at radius 2 is 1.00 bits per heavy atom. The number of hydrogen-bond donors (Lipinski definition) is 0. The minimum Gasteiger partial charge on any atom is -0.207 e. The standard InChI is InChI=1S/C77H44F4N3/c1-43-31-64-57-19-9-6-15-53(57)47-27-29-68(82(43)40-47)71-49(33-51(78)35-66(71)80)32-50-38-76-74-73-61-34-52(79)36-67(81)72(61)69-30-28-48-41-83(69)75(64,73)39-65(58-20-10-7-16-54(48)58)77(74,76)63-22-12-11-21-59(63)70-37-60(62(42-84(70)76)56-18-8-5-17-55(50)56)46-25-23-45(24-26-46)44-13-3-2-4-14-44/h2-31,33-42H,1,32H2/q+3/b50-38+,64-31?. The normalized spacial score (nSPS) is 20.8. The number of nitrogens with zero attached hydrogens (tertiary/aromatic N) is 3. The van der Waals surface area contributed by atoms with Gasteiger partial charge in [-0.2, -0.15) is 13.7 Å². The summed E-state index contributed by atoms with van der Waals surface area (Å²) in [6.07, 6.45) is 13.5. The number of halogens is 4. The number of benzene rings is 8. The van der Waals surface area contributed by atoms with Crippen molar-refractivity contribution in [2.24, 2.45) is 0 Å². The van der Waals surface area contributed by atoms with Crippen molar-refractivity contribution in [1.29, 1.82) is 0 Å². The van der Waals surface area contributed by atoms with E-state index in [2.05, 4.69) is 179 Å². The topological polar surface area (TPSA) is 11.6 Å². The zero-order valence-corrected chi connectivity index (χ0v) is 44.9. The predicted octanol–water partition coefficient (Wildman–Crippen LogP) is 16.5. The van der Waals surface area contributed by atoms with Crippen molar-refractivity contribution in [3.63, 3.8) is 0 Å². The molecule has 3 aromatic heterocycles. The van der Waals surface area contributed by atoms with Gasteiger partial charge in [0, 0.05) is 81.5 Å². The van der Waals surface area contributed by atoms with Crippen molar-refractivity contribution in [2.75, 3.05) is 0 Å². The first-order chi connectivity index (χ1) is 41.1. The molecule has 12 bridgehead atoms. The Hall–Kier alpha value is -10.4. The molecule has 392 valence electrons. The molecule has 7 heteroatoms. The number of allylic oxidation sites excluding steroid dienone is 9. The van der Waals surface area contributed by atoms with Gasteiger partial charge < -0.3 is 0 Å². The Balaban J connectivity index is 1.07. The van der Waals surface area contributed by atoms with Crippen LogP contribution in [0, 0.1) is 23.3 Å². The maximum atomic E-state index is 17.9. The summed E-state index contributed by atoms with van der Waals surface area (Å²) in [4.78, 5) is 0. The van der Waals surface area contributed by atoms with Crippen LogP contribution < -0.4 is 13.7 Å². The number of aromatic nitrogens is 3. The van der Waals surface area contributed by atoms with Crippen LogP contribution in [0.2, 0.25) is 0 Å². The zero-order valence-electron chi connectivity index (χ0n) is 44.9. The molecule has 3 unspecified atom stereocenters. The Morgan fingerprint density at radius 3 is 1.76 bits per heavy atom. The van der Waals surface area contributed by atoms with Crippen LogP contribution in [0.3, 0.4) is 0 Å². The van der Waals surface area contributed by atoms with Crippen molar-refractivity contribution in [1.82, 2.24) is 0 Å². The molecular formula is C77H44F4N3+3. The second kappa shape index (κ2) is 15.8. The van der Waals surface area contributed by atoms with Gasteiger partial charge >= 0.3 is 0 Å². The van der Waals surface area contributed by atoms with Gasteiger partial charge in [0.25, 0.3) is 0 Å². The molecule has 8 aliphatic rings. The smallest absolute Gasteiger partial charge is 0.207 e.